The number of phenolic OH excluding ortho intramolecular Hbond substituents is 1. The van der Waals surface area contributed by atoms with Crippen LogP contribution in [0.3, 0.4) is 0 Å². The summed E-state index contributed by atoms with van der Waals surface area (Å²) in [7, 11) is 0. The largest absolute Gasteiger partial charge is 0.507 e. The van der Waals surface area contributed by atoms with Crippen molar-refractivity contribution in [3.63, 3.8) is 0 Å². The van der Waals surface area contributed by atoms with Gasteiger partial charge in [0, 0.05) is 5.02 Å². The highest BCUT2D eigenvalue weighted by Crippen LogP contribution is 2.31. The van der Waals surface area contributed by atoms with Crippen molar-refractivity contribution in [2.24, 2.45) is 0 Å². The Morgan fingerprint density at radius 3 is 2.33 bits per heavy atom. The van der Waals surface area contributed by atoms with Gasteiger partial charge in [0.15, 0.2) is 0 Å². The summed E-state index contributed by atoms with van der Waals surface area (Å²) in [6, 6.07) is 21.4. The van der Waals surface area contributed by atoms with Gasteiger partial charge >= 0.3 is 5.97 Å². The summed E-state index contributed by atoms with van der Waals surface area (Å²) in [5.41, 5.74) is 2.41. The van der Waals surface area contributed by atoms with Gasteiger partial charge in [0.25, 0.3) is 0 Å². The molecule has 0 atom stereocenters. The van der Waals surface area contributed by atoms with E-state index in [2.05, 4.69) is 0 Å². The molecule has 3 nitrogen and oxygen atoms in total. The van der Waals surface area contributed by atoms with E-state index in [0.717, 1.165) is 11.1 Å². The number of esters is 1. The standard InChI is InChI=1S/C20H15ClO3/c21-16-11-9-15(10-12-16)17-7-4-8-18(22)19(17)20(23)24-13-14-5-2-1-3-6-14/h1-12,22H,13H2. The van der Waals surface area contributed by atoms with Gasteiger partial charge in [0.1, 0.15) is 17.9 Å². The number of hydrogen-bond acceptors (Lipinski definition) is 3. The molecule has 0 aliphatic carbocycles. The Balaban J connectivity index is 1.89. The zero-order chi connectivity index (χ0) is 16.9. The number of phenols is 1. The van der Waals surface area contributed by atoms with Gasteiger partial charge in [-0.15, -0.1) is 0 Å². The maximum Gasteiger partial charge on any atom is 0.342 e. The average molecular weight is 339 g/mol. The Labute approximate surface area is 145 Å². The molecule has 120 valence electrons. The fourth-order valence-corrected chi connectivity index (χ4v) is 2.55. The Hall–Kier alpha value is -2.78. The van der Waals surface area contributed by atoms with Crippen LogP contribution in [-0.4, -0.2) is 11.1 Å². The number of rotatable bonds is 4. The van der Waals surface area contributed by atoms with E-state index < -0.39 is 5.97 Å². The Kier molecular flexibility index (Phi) is 4.82. The molecular weight excluding hydrogens is 324 g/mol. The third kappa shape index (κ3) is 3.58. The highest BCUT2D eigenvalue weighted by Gasteiger charge is 2.19. The minimum atomic E-state index is -0.568. The lowest BCUT2D eigenvalue weighted by molar-refractivity contribution is 0.0470. The molecule has 0 amide bonds. The predicted octanol–water partition coefficient (Wildman–Crippen LogP) is 5.07. The molecule has 0 fully saturated rings. The monoisotopic (exact) mass is 338 g/mol. The van der Waals surface area contributed by atoms with Crippen LogP contribution in [0.5, 0.6) is 5.75 Å². The number of benzene rings is 3. The first-order chi connectivity index (χ1) is 11.6. The molecule has 1 N–H and O–H groups in total. The van der Waals surface area contributed by atoms with Crippen LogP contribution in [0.1, 0.15) is 15.9 Å². The number of hydrogen-bond donors (Lipinski definition) is 1. The lowest BCUT2D eigenvalue weighted by Gasteiger charge is -2.12. The number of carbonyl (C=O) groups excluding carboxylic acids is 1. The van der Waals surface area contributed by atoms with Gasteiger partial charge in [-0.05, 0) is 34.9 Å². The zero-order valence-electron chi connectivity index (χ0n) is 12.8. The van der Waals surface area contributed by atoms with Gasteiger partial charge in [-0.1, -0.05) is 66.2 Å². The van der Waals surface area contributed by atoms with Crippen molar-refractivity contribution >= 4 is 17.6 Å². The SMILES string of the molecule is O=C(OCc1ccccc1)c1c(O)cccc1-c1ccc(Cl)cc1. The highest BCUT2D eigenvalue weighted by atomic mass is 35.5. The molecule has 3 aromatic carbocycles. The van der Waals surface area contributed by atoms with Crippen molar-refractivity contribution < 1.29 is 14.6 Å². The molecule has 24 heavy (non-hydrogen) atoms. The van der Waals surface area contributed by atoms with E-state index in [9.17, 15) is 9.90 Å². The van der Waals surface area contributed by atoms with Crippen molar-refractivity contribution in [2.75, 3.05) is 0 Å². The molecule has 0 unspecified atom stereocenters. The molecule has 0 saturated heterocycles. The third-order valence-corrected chi connectivity index (χ3v) is 3.87. The molecule has 0 radical (unpaired) electrons. The van der Waals surface area contributed by atoms with E-state index in [0.29, 0.717) is 10.6 Å². The van der Waals surface area contributed by atoms with Gasteiger partial charge < -0.3 is 9.84 Å². The van der Waals surface area contributed by atoms with Crippen LogP contribution in [0.25, 0.3) is 11.1 Å². The number of halogens is 1. The third-order valence-electron chi connectivity index (χ3n) is 3.61. The molecule has 0 aliphatic rings. The summed E-state index contributed by atoms with van der Waals surface area (Å²) < 4.78 is 5.36. The van der Waals surface area contributed by atoms with E-state index >= 15 is 0 Å². The fraction of sp³-hybridized carbons (Fsp3) is 0.0500. The number of aromatic hydroxyl groups is 1. The maximum atomic E-state index is 12.5. The quantitative estimate of drug-likeness (QED) is 0.675. The molecule has 0 saturated carbocycles. The second-order valence-corrected chi connectivity index (χ2v) is 5.70. The molecule has 3 rings (SSSR count). The minimum absolute atomic E-state index is 0.111. The summed E-state index contributed by atoms with van der Waals surface area (Å²) >= 11 is 5.91. The summed E-state index contributed by atoms with van der Waals surface area (Å²) in [5.74, 6) is -0.678. The predicted molar refractivity (Wildman–Crippen MR) is 94.1 cm³/mol. The van der Waals surface area contributed by atoms with Crippen LogP contribution in [0.4, 0.5) is 0 Å². The molecule has 4 heteroatoms. The topological polar surface area (TPSA) is 46.5 Å². The van der Waals surface area contributed by atoms with Crippen molar-refractivity contribution in [3.05, 3.63) is 88.9 Å². The Morgan fingerprint density at radius 2 is 1.62 bits per heavy atom. The molecule has 0 aliphatic heterocycles. The lowest BCUT2D eigenvalue weighted by atomic mass is 9.99. The fourth-order valence-electron chi connectivity index (χ4n) is 2.42. The van der Waals surface area contributed by atoms with Crippen molar-refractivity contribution in [2.45, 2.75) is 6.61 Å². The van der Waals surface area contributed by atoms with Gasteiger partial charge in [-0.3, -0.25) is 0 Å². The first-order valence-electron chi connectivity index (χ1n) is 7.44. The summed E-state index contributed by atoms with van der Waals surface area (Å²) in [4.78, 5) is 12.5. The number of carbonyl (C=O) groups is 1. The number of ether oxygens (including phenoxy) is 1. The summed E-state index contributed by atoms with van der Waals surface area (Å²) in [5, 5.41) is 10.8. The maximum absolute atomic E-state index is 12.5. The molecule has 3 aromatic rings. The molecule has 0 bridgehead atoms. The smallest absolute Gasteiger partial charge is 0.342 e. The van der Waals surface area contributed by atoms with Crippen LogP contribution in [0, 0.1) is 0 Å². The molecule has 0 spiro atoms. The summed E-state index contributed by atoms with van der Waals surface area (Å²) in [6.45, 7) is 0.147. The zero-order valence-corrected chi connectivity index (χ0v) is 13.5. The van der Waals surface area contributed by atoms with Crippen LogP contribution in [0.15, 0.2) is 72.8 Å². The van der Waals surface area contributed by atoms with Crippen LogP contribution < -0.4 is 0 Å². The molecule has 0 aromatic heterocycles. The van der Waals surface area contributed by atoms with Gasteiger partial charge in [-0.2, -0.15) is 0 Å². The second-order valence-electron chi connectivity index (χ2n) is 5.27. The van der Waals surface area contributed by atoms with Crippen molar-refractivity contribution in [1.82, 2.24) is 0 Å². The molecule has 0 heterocycles. The van der Waals surface area contributed by atoms with Crippen LogP contribution in [0.2, 0.25) is 5.02 Å². The first kappa shape index (κ1) is 16.1. The highest BCUT2D eigenvalue weighted by molar-refractivity contribution is 6.30. The van der Waals surface area contributed by atoms with Crippen LogP contribution >= 0.6 is 11.6 Å². The Bertz CT molecular complexity index is 843. The first-order valence-corrected chi connectivity index (χ1v) is 7.82. The van der Waals surface area contributed by atoms with E-state index in [1.807, 2.05) is 30.3 Å². The van der Waals surface area contributed by atoms with E-state index in [1.54, 1.807) is 36.4 Å². The molecular formula is C20H15ClO3. The van der Waals surface area contributed by atoms with Gasteiger partial charge in [-0.25, -0.2) is 4.79 Å². The van der Waals surface area contributed by atoms with E-state index in [4.69, 9.17) is 16.3 Å². The van der Waals surface area contributed by atoms with Gasteiger partial charge in [0.05, 0.1) is 0 Å². The summed E-state index contributed by atoms with van der Waals surface area (Å²) in [6.07, 6.45) is 0. The van der Waals surface area contributed by atoms with E-state index in [-0.39, 0.29) is 17.9 Å². The van der Waals surface area contributed by atoms with E-state index in [1.165, 1.54) is 6.07 Å². The van der Waals surface area contributed by atoms with Crippen LogP contribution in [-0.2, 0) is 11.3 Å². The lowest BCUT2D eigenvalue weighted by Crippen LogP contribution is -2.07. The van der Waals surface area contributed by atoms with Crippen molar-refractivity contribution in [3.8, 4) is 16.9 Å². The minimum Gasteiger partial charge on any atom is -0.507 e. The van der Waals surface area contributed by atoms with Crippen molar-refractivity contribution in [1.29, 1.82) is 0 Å². The van der Waals surface area contributed by atoms with Gasteiger partial charge in [0.2, 0.25) is 0 Å². The average Bonchev–Trinajstić information content (AvgIpc) is 2.61. The normalized spacial score (nSPS) is 10.4. The second kappa shape index (κ2) is 7.20. The Morgan fingerprint density at radius 1 is 0.917 bits per heavy atom.